The van der Waals surface area contributed by atoms with Gasteiger partial charge in [-0.1, -0.05) is 41.9 Å². The Hall–Kier alpha value is -3.63. The van der Waals surface area contributed by atoms with Gasteiger partial charge in [-0.15, -0.1) is 0 Å². The van der Waals surface area contributed by atoms with Crippen LogP contribution in [0.4, 0.5) is 0 Å². The minimum Gasteiger partial charge on any atom is -0.459 e. The maximum absolute atomic E-state index is 13.4. The van der Waals surface area contributed by atoms with Gasteiger partial charge >= 0.3 is 0 Å². The first-order chi connectivity index (χ1) is 16.8. The first-order valence-corrected chi connectivity index (χ1v) is 12.7. The third kappa shape index (κ3) is 5.23. The summed E-state index contributed by atoms with van der Waals surface area (Å²) in [7, 11) is -4.28. The maximum atomic E-state index is 13.4. The fraction of sp³-hybridized carbons (Fsp3) is 0.208. The second kappa shape index (κ2) is 10.3. The van der Waals surface area contributed by atoms with Crippen LogP contribution in [-0.4, -0.2) is 67.5 Å². The fourth-order valence-corrected chi connectivity index (χ4v) is 5.42. The van der Waals surface area contributed by atoms with E-state index in [1.165, 1.54) is 47.6 Å². The molecule has 1 aliphatic heterocycles. The summed E-state index contributed by atoms with van der Waals surface area (Å²) < 4.78 is 31.7. The van der Waals surface area contributed by atoms with Gasteiger partial charge in [-0.25, -0.2) is 8.42 Å². The van der Waals surface area contributed by atoms with Gasteiger partial charge in [0.1, 0.15) is 0 Å². The van der Waals surface area contributed by atoms with Crippen LogP contribution in [0.5, 0.6) is 0 Å². The number of nitrogens with zero attached hydrogens (tertiary/aromatic N) is 2. The Balaban J connectivity index is 1.53. The van der Waals surface area contributed by atoms with E-state index in [1.807, 2.05) is 0 Å². The molecule has 0 aliphatic carbocycles. The van der Waals surface area contributed by atoms with Crippen LogP contribution in [0, 0.1) is 0 Å². The average molecular weight is 516 g/mol. The van der Waals surface area contributed by atoms with Crippen LogP contribution >= 0.6 is 11.6 Å². The molecule has 1 fully saturated rings. The zero-order chi connectivity index (χ0) is 25.0. The summed E-state index contributed by atoms with van der Waals surface area (Å²) in [6.07, 6.45) is 1.27. The largest absolute Gasteiger partial charge is 0.459 e. The number of amides is 3. The van der Waals surface area contributed by atoms with Gasteiger partial charge in [0, 0.05) is 26.2 Å². The molecule has 0 spiro atoms. The first kappa shape index (κ1) is 24.5. The lowest BCUT2D eigenvalue weighted by molar-refractivity contribution is -0.132. The van der Waals surface area contributed by atoms with Gasteiger partial charge in [-0.05, 0) is 36.4 Å². The zero-order valence-electron chi connectivity index (χ0n) is 18.5. The number of halogens is 1. The fourth-order valence-electron chi connectivity index (χ4n) is 3.72. The molecule has 3 amide bonds. The molecule has 0 saturated carbocycles. The standard InChI is InChI=1S/C24H22ClN3O6S/c25-19-10-5-4-9-18(19)23(30)27-12-14-28(15-13-27)24(31)22(26-21(29)20-11-6-16-34-20)35(32,33)17-7-2-1-3-8-17/h1-11,16,22H,12-15H2,(H,26,29). The van der Waals surface area contributed by atoms with Crippen molar-refractivity contribution < 1.29 is 27.2 Å². The van der Waals surface area contributed by atoms with Crippen molar-refractivity contribution in [2.75, 3.05) is 26.2 Å². The number of sulfone groups is 1. The van der Waals surface area contributed by atoms with Crippen molar-refractivity contribution in [2.24, 2.45) is 0 Å². The molecule has 3 aromatic rings. The molecule has 11 heteroatoms. The first-order valence-electron chi connectivity index (χ1n) is 10.7. The molecule has 182 valence electrons. The SMILES string of the molecule is O=C(NC(C(=O)N1CCN(C(=O)c2ccccc2Cl)CC1)S(=O)(=O)c1ccccc1)c1ccco1. The highest BCUT2D eigenvalue weighted by atomic mass is 35.5. The number of rotatable bonds is 6. The molecule has 1 N–H and O–H groups in total. The Morgan fingerprint density at radius 2 is 1.49 bits per heavy atom. The van der Waals surface area contributed by atoms with Gasteiger partial charge in [0.15, 0.2) is 5.76 Å². The predicted molar refractivity (Wildman–Crippen MR) is 128 cm³/mol. The van der Waals surface area contributed by atoms with Crippen molar-refractivity contribution in [2.45, 2.75) is 10.3 Å². The van der Waals surface area contributed by atoms with E-state index in [9.17, 15) is 22.8 Å². The van der Waals surface area contributed by atoms with Crippen LogP contribution in [-0.2, 0) is 14.6 Å². The lowest BCUT2D eigenvalue weighted by Crippen LogP contribution is -2.57. The Bertz CT molecular complexity index is 1320. The highest BCUT2D eigenvalue weighted by Gasteiger charge is 2.40. The Morgan fingerprint density at radius 1 is 0.857 bits per heavy atom. The van der Waals surface area contributed by atoms with Crippen LogP contribution in [0.1, 0.15) is 20.9 Å². The molecular formula is C24H22ClN3O6S. The molecule has 35 heavy (non-hydrogen) atoms. The summed E-state index contributed by atoms with van der Waals surface area (Å²) in [5, 5.41) is 0.770. The van der Waals surface area contributed by atoms with Crippen molar-refractivity contribution in [3.63, 3.8) is 0 Å². The van der Waals surface area contributed by atoms with Gasteiger partial charge < -0.3 is 19.5 Å². The van der Waals surface area contributed by atoms with Gasteiger partial charge in [-0.3, -0.25) is 14.4 Å². The molecule has 1 atom stereocenters. The highest BCUT2D eigenvalue weighted by molar-refractivity contribution is 7.92. The Kier molecular flexibility index (Phi) is 7.23. The van der Waals surface area contributed by atoms with Crippen LogP contribution in [0.2, 0.25) is 5.02 Å². The number of furan rings is 1. The van der Waals surface area contributed by atoms with Crippen LogP contribution in [0.3, 0.4) is 0 Å². The quantitative estimate of drug-likeness (QED) is 0.539. The van der Waals surface area contributed by atoms with Crippen molar-refractivity contribution in [3.05, 3.63) is 89.3 Å². The number of piperazine rings is 1. The van der Waals surface area contributed by atoms with E-state index in [4.69, 9.17) is 16.0 Å². The van der Waals surface area contributed by atoms with Crippen LogP contribution < -0.4 is 5.32 Å². The third-order valence-corrected chi connectivity index (χ3v) is 7.80. The number of nitrogens with one attached hydrogen (secondary N) is 1. The van der Waals surface area contributed by atoms with E-state index >= 15 is 0 Å². The second-order valence-corrected chi connectivity index (χ2v) is 10.2. The minimum absolute atomic E-state index is 0.0897. The summed E-state index contributed by atoms with van der Waals surface area (Å²) in [4.78, 5) is 41.6. The summed E-state index contributed by atoms with van der Waals surface area (Å²) in [6, 6.07) is 16.9. The third-order valence-electron chi connectivity index (χ3n) is 5.60. The lowest BCUT2D eigenvalue weighted by Gasteiger charge is -2.36. The molecule has 4 rings (SSSR count). The smallest absolute Gasteiger partial charge is 0.288 e. The number of benzene rings is 2. The molecule has 0 bridgehead atoms. The lowest BCUT2D eigenvalue weighted by atomic mass is 10.2. The summed E-state index contributed by atoms with van der Waals surface area (Å²) in [5.41, 5.74) is 0.351. The second-order valence-electron chi connectivity index (χ2n) is 7.79. The minimum atomic E-state index is -4.28. The van der Waals surface area contributed by atoms with Gasteiger partial charge in [0.2, 0.25) is 15.2 Å². The molecule has 2 heterocycles. The van der Waals surface area contributed by atoms with E-state index in [-0.39, 0.29) is 42.7 Å². The number of hydrogen-bond donors (Lipinski definition) is 1. The molecule has 2 aromatic carbocycles. The average Bonchev–Trinajstić information content (AvgIpc) is 3.42. The molecule has 9 nitrogen and oxygen atoms in total. The highest BCUT2D eigenvalue weighted by Crippen LogP contribution is 2.20. The predicted octanol–water partition coefficient (Wildman–Crippen LogP) is 2.45. The number of hydrogen-bond acceptors (Lipinski definition) is 6. The van der Waals surface area contributed by atoms with Gasteiger partial charge in [-0.2, -0.15) is 0 Å². The number of carbonyl (C=O) groups excluding carboxylic acids is 3. The van der Waals surface area contributed by atoms with Crippen LogP contribution in [0.25, 0.3) is 0 Å². The number of carbonyl (C=O) groups is 3. The topological polar surface area (TPSA) is 117 Å². The summed E-state index contributed by atoms with van der Waals surface area (Å²) in [5.74, 6) is -2.03. The zero-order valence-corrected chi connectivity index (χ0v) is 20.0. The molecule has 1 saturated heterocycles. The van der Waals surface area contributed by atoms with Crippen molar-refractivity contribution in [3.8, 4) is 0 Å². The van der Waals surface area contributed by atoms with E-state index in [0.717, 1.165) is 0 Å². The van der Waals surface area contributed by atoms with Crippen LogP contribution in [0.15, 0.2) is 82.3 Å². The van der Waals surface area contributed by atoms with E-state index in [2.05, 4.69) is 5.32 Å². The maximum Gasteiger partial charge on any atom is 0.288 e. The summed E-state index contributed by atoms with van der Waals surface area (Å²) >= 11 is 6.13. The Morgan fingerprint density at radius 3 is 2.11 bits per heavy atom. The van der Waals surface area contributed by atoms with Crippen molar-refractivity contribution >= 4 is 39.2 Å². The normalized spacial score (nSPS) is 14.9. The van der Waals surface area contributed by atoms with E-state index in [0.29, 0.717) is 10.6 Å². The molecule has 1 aromatic heterocycles. The molecule has 1 aliphatic rings. The van der Waals surface area contributed by atoms with E-state index < -0.39 is 27.0 Å². The molecule has 1 unspecified atom stereocenters. The molecule has 0 radical (unpaired) electrons. The van der Waals surface area contributed by atoms with Crippen molar-refractivity contribution in [1.82, 2.24) is 15.1 Å². The Labute approximate surface area is 207 Å². The van der Waals surface area contributed by atoms with E-state index in [1.54, 1.807) is 35.2 Å². The monoisotopic (exact) mass is 515 g/mol. The molecular weight excluding hydrogens is 494 g/mol. The van der Waals surface area contributed by atoms with Gasteiger partial charge in [0.05, 0.1) is 21.7 Å². The van der Waals surface area contributed by atoms with Gasteiger partial charge in [0.25, 0.3) is 17.7 Å². The summed E-state index contributed by atoms with van der Waals surface area (Å²) in [6.45, 7) is 0.541. The van der Waals surface area contributed by atoms with Crippen molar-refractivity contribution in [1.29, 1.82) is 0 Å².